The maximum atomic E-state index is 13.5. The van der Waals surface area contributed by atoms with Gasteiger partial charge in [0.05, 0.1) is 33.8 Å². The molecular weight excluding hydrogens is 880 g/mol. The monoisotopic (exact) mass is 997 g/mol. The van der Waals surface area contributed by atoms with Gasteiger partial charge in [-0.05, 0) is 31.8 Å². The average Bonchev–Trinajstić information content (AvgIpc) is 3.31. The van der Waals surface area contributed by atoms with E-state index in [-0.39, 0.29) is 31.5 Å². The van der Waals surface area contributed by atoms with Crippen molar-refractivity contribution in [1.29, 1.82) is 0 Å². The van der Waals surface area contributed by atoms with Crippen LogP contribution in [-0.4, -0.2) is 69.4 Å². The van der Waals surface area contributed by atoms with Crippen molar-refractivity contribution >= 4 is 19.7 Å². The normalized spacial score (nSPS) is 13.8. The number of phosphoric acid groups is 1. The molecule has 10 heteroatoms. The van der Waals surface area contributed by atoms with Crippen LogP contribution >= 0.6 is 7.82 Å². The Labute approximate surface area is 429 Å². The molecule has 410 valence electrons. The van der Waals surface area contributed by atoms with Gasteiger partial charge in [-0.2, -0.15) is 0 Å². The number of hydrogen-bond acceptors (Lipinski definition) is 7. The minimum atomic E-state index is -4.69. The van der Waals surface area contributed by atoms with Crippen molar-refractivity contribution in [3.8, 4) is 0 Å². The number of hydrogen-bond donors (Lipinski definition) is 1. The number of nitrogens with one attached hydrogen (secondary N) is 1. The van der Waals surface area contributed by atoms with Gasteiger partial charge in [0.15, 0.2) is 0 Å². The minimum absolute atomic E-state index is 0.0168. The zero-order valence-corrected chi connectivity index (χ0v) is 47.7. The molecule has 0 fully saturated rings. The Morgan fingerprint density at radius 2 is 0.826 bits per heavy atom. The van der Waals surface area contributed by atoms with Gasteiger partial charge in [0.2, 0.25) is 5.91 Å². The largest absolute Gasteiger partial charge is 0.756 e. The molecule has 0 aliphatic carbocycles. The Bertz CT molecular complexity index is 1190. The molecule has 0 radical (unpaired) electrons. The molecule has 0 saturated heterocycles. The van der Waals surface area contributed by atoms with Crippen molar-refractivity contribution in [2.24, 2.45) is 0 Å². The highest BCUT2D eigenvalue weighted by Gasteiger charge is 2.27. The van der Waals surface area contributed by atoms with Crippen LogP contribution in [-0.2, 0) is 27.9 Å². The smallest absolute Gasteiger partial charge is 0.306 e. The van der Waals surface area contributed by atoms with Crippen molar-refractivity contribution in [3.63, 3.8) is 0 Å². The highest BCUT2D eigenvalue weighted by Crippen LogP contribution is 2.38. The second kappa shape index (κ2) is 50.3. The van der Waals surface area contributed by atoms with Gasteiger partial charge in [-0.3, -0.25) is 14.2 Å². The molecule has 1 N–H and O–H groups in total. The Balaban J connectivity index is 5.30. The number of allylic oxidation sites excluding steroid dienone is 1. The van der Waals surface area contributed by atoms with Crippen LogP contribution in [0, 0.1) is 0 Å². The molecule has 0 spiro atoms. The summed E-state index contributed by atoms with van der Waals surface area (Å²) in [6.07, 6.45) is 55.9. The van der Waals surface area contributed by atoms with E-state index < -0.39 is 20.0 Å². The number of ether oxygens (including phenoxy) is 1. The van der Waals surface area contributed by atoms with Gasteiger partial charge in [-0.25, -0.2) is 0 Å². The number of quaternary nitrogens is 1. The lowest BCUT2D eigenvalue weighted by molar-refractivity contribution is -0.870. The molecule has 3 atom stereocenters. The zero-order valence-electron chi connectivity index (χ0n) is 46.8. The second-order valence-corrected chi connectivity index (χ2v) is 23.3. The van der Waals surface area contributed by atoms with Crippen molar-refractivity contribution in [2.45, 2.75) is 315 Å². The van der Waals surface area contributed by atoms with Crippen molar-refractivity contribution in [2.75, 3.05) is 40.9 Å². The fourth-order valence-electron chi connectivity index (χ4n) is 9.05. The van der Waals surface area contributed by atoms with E-state index in [0.717, 1.165) is 57.8 Å². The summed E-state index contributed by atoms with van der Waals surface area (Å²) in [4.78, 5) is 39.9. The number of unbranched alkanes of at least 4 members (excludes halogenated alkanes) is 39. The fourth-order valence-corrected chi connectivity index (χ4v) is 9.78. The number of carbonyl (C=O) groups excluding carboxylic acids is 2. The number of amides is 1. The standard InChI is InChI=1S/C59H117N2O7P/c1-7-10-13-16-19-22-25-28-30-33-36-39-42-45-48-51-58(62)60-56(55-67-69(64,65)66-54-53-61(4,5)6)57(50-47-44-41-38-35-32-27-24-21-18-15-12-9-3)68-59(63)52-49-46-43-40-37-34-31-29-26-23-20-17-14-11-8-2/h47,50,56-57H,7-46,48-49,51-55H2,1-6H3,(H-,60,62,64,65)/b50-47+. The summed E-state index contributed by atoms with van der Waals surface area (Å²) < 4.78 is 30.3. The summed E-state index contributed by atoms with van der Waals surface area (Å²) in [5.41, 5.74) is 0. The van der Waals surface area contributed by atoms with Crippen molar-refractivity contribution < 1.29 is 37.3 Å². The topological polar surface area (TPSA) is 114 Å². The highest BCUT2D eigenvalue weighted by atomic mass is 31.2. The molecule has 3 unspecified atom stereocenters. The molecular formula is C59H117N2O7P. The number of nitrogens with zero attached hydrogens (tertiary/aromatic N) is 1. The lowest BCUT2D eigenvalue weighted by Gasteiger charge is -2.30. The summed E-state index contributed by atoms with van der Waals surface area (Å²) in [5.74, 6) is -0.521. The van der Waals surface area contributed by atoms with Crippen LogP contribution in [0.1, 0.15) is 303 Å². The Kier molecular flexibility index (Phi) is 49.4. The summed E-state index contributed by atoms with van der Waals surface area (Å²) in [6, 6.07) is -0.878. The van der Waals surface area contributed by atoms with Crippen LogP contribution in [0.3, 0.4) is 0 Å². The molecule has 0 aromatic rings. The van der Waals surface area contributed by atoms with Gasteiger partial charge < -0.3 is 28.5 Å². The molecule has 0 aromatic carbocycles. The van der Waals surface area contributed by atoms with Gasteiger partial charge in [0.1, 0.15) is 19.3 Å². The summed E-state index contributed by atoms with van der Waals surface area (Å²) in [5, 5.41) is 3.03. The predicted molar refractivity (Wildman–Crippen MR) is 294 cm³/mol. The first-order valence-electron chi connectivity index (χ1n) is 30.0. The molecule has 0 aliphatic heterocycles. The van der Waals surface area contributed by atoms with Gasteiger partial charge in [0.25, 0.3) is 7.82 Å². The van der Waals surface area contributed by atoms with Crippen LogP contribution in [0.25, 0.3) is 0 Å². The van der Waals surface area contributed by atoms with Crippen LogP contribution in [0.2, 0.25) is 0 Å². The van der Waals surface area contributed by atoms with Crippen LogP contribution in [0.15, 0.2) is 12.2 Å². The van der Waals surface area contributed by atoms with Gasteiger partial charge in [-0.15, -0.1) is 0 Å². The lowest BCUT2D eigenvalue weighted by Crippen LogP contribution is -2.47. The van der Waals surface area contributed by atoms with E-state index in [9.17, 15) is 19.0 Å². The molecule has 0 rings (SSSR count). The molecule has 0 aromatic heterocycles. The maximum Gasteiger partial charge on any atom is 0.306 e. The molecule has 0 aliphatic rings. The summed E-state index contributed by atoms with van der Waals surface area (Å²) >= 11 is 0. The first-order valence-corrected chi connectivity index (χ1v) is 31.5. The maximum absolute atomic E-state index is 13.5. The van der Waals surface area contributed by atoms with Crippen LogP contribution < -0.4 is 10.2 Å². The Morgan fingerprint density at radius 1 is 0.493 bits per heavy atom. The molecule has 0 bridgehead atoms. The highest BCUT2D eigenvalue weighted by molar-refractivity contribution is 7.45. The minimum Gasteiger partial charge on any atom is -0.756 e. The molecule has 9 nitrogen and oxygen atoms in total. The Morgan fingerprint density at radius 3 is 1.19 bits per heavy atom. The van der Waals surface area contributed by atoms with Gasteiger partial charge >= 0.3 is 5.97 Å². The van der Waals surface area contributed by atoms with E-state index in [0.29, 0.717) is 17.4 Å². The van der Waals surface area contributed by atoms with E-state index in [1.54, 1.807) is 0 Å². The van der Waals surface area contributed by atoms with Crippen molar-refractivity contribution in [3.05, 3.63) is 12.2 Å². The quantitative estimate of drug-likeness (QED) is 0.0212. The Hall–Kier alpha value is -1.25. The summed E-state index contributed by atoms with van der Waals surface area (Å²) in [6.45, 7) is 6.89. The molecule has 1 amide bonds. The summed E-state index contributed by atoms with van der Waals surface area (Å²) in [7, 11) is 1.21. The van der Waals surface area contributed by atoms with E-state index in [1.165, 1.54) is 212 Å². The number of carbonyl (C=O) groups is 2. The first-order chi connectivity index (χ1) is 33.4. The van der Waals surface area contributed by atoms with Crippen molar-refractivity contribution in [1.82, 2.24) is 5.32 Å². The SMILES string of the molecule is CCCCCCCCCCCCC/C=C/C(OC(=O)CCCCCCCCCCCCCCCCC)C(COP(=O)([O-])OCC[N+](C)(C)C)NC(=O)CCCCCCCCCCCCCCCCC. The average molecular weight is 998 g/mol. The number of esters is 1. The van der Waals surface area contributed by atoms with Crippen LogP contribution in [0.5, 0.6) is 0 Å². The van der Waals surface area contributed by atoms with E-state index in [2.05, 4.69) is 26.1 Å². The third kappa shape index (κ3) is 51.5. The van der Waals surface area contributed by atoms with E-state index in [1.807, 2.05) is 33.3 Å². The van der Waals surface area contributed by atoms with Gasteiger partial charge in [-0.1, -0.05) is 271 Å². The molecule has 0 heterocycles. The lowest BCUT2D eigenvalue weighted by atomic mass is 10.0. The van der Waals surface area contributed by atoms with Crippen LogP contribution in [0.4, 0.5) is 0 Å². The number of likely N-dealkylation sites (N-methyl/N-ethyl adjacent to an activating group) is 1. The molecule has 69 heavy (non-hydrogen) atoms. The number of rotatable bonds is 55. The van der Waals surface area contributed by atoms with E-state index in [4.69, 9.17) is 13.8 Å². The first kappa shape index (κ1) is 67.8. The number of phosphoric ester groups is 1. The second-order valence-electron chi connectivity index (χ2n) is 21.9. The molecule has 0 saturated carbocycles. The third-order valence-corrected chi connectivity index (χ3v) is 14.7. The fraction of sp³-hybridized carbons (Fsp3) is 0.932. The third-order valence-electron chi connectivity index (χ3n) is 13.7. The van der Waals surface area contributed by atoms with E-state index >= 15 is 0 Å². The zero-order chi connectivity index (χ0) is 50.8. The van der Waals surface area contributed by atoms with Gasteiger partial charge in [0, 0.05) is 12.8 Å². The predicted octanol–water partition coefficient (Wildman–Crippen LogP) is 17.4.